The number of nitrogens with one attached hydrogen (secondary N) is 1. The molecule has 1 unspecified atom stereocenters. The van der Waals surface area contributed by atoms with Crippen LogP contribution in [0, 0.1) is 11.8 Å². The molecule has 1 aliphatic rings. The minimum Gasteiger partial charge on any atom is -0.365 e. The molecule has 0 aromatic carbocycles. The van der Waals surface area contributed by atoms with Crippen molar-refractivity contribution in [3.8, 4) is 0 Å². The van der Waals surface area contributed by atoms with E-state index in [4.69, 9.17) is 0 Å². The predicted octanol–water partition coefficient (Wildman–Crippen LogP) is 2.78. The zero-order chi connectivity index (χ0) is 8.55. The highest BCUT2D eigenvalue weighted by Crippen LogP contribution is 2.28. The molecule has 2 rings (SSSR count). The molecule has 0 radical (unpaired) electrons. The number of hydrogen-bond donors (Lipinski definition) is 1. The molecule has 0 saturated heterocycles. The van der Waals surface area contributed by atoms with Gasteiger partial charge in [-0.05, 0) is 42.7 Å². The van der Waals surface area contributed by atoms with Gasteiger partial charge in [-0.15, -0.1) is 0 Å². The zero-order valence-electron chi connectivity index (χ0n) is 7.93. The molecular weight excluding hydrogens is 146 g/mol. The van der Waals surface area contributed by atoms with E-state index in [2.05, 4.69) is 31.1 Å². The zero-order valence-corrected chi connectivity index (χ0v) is 7.93. The van der Waals surface area contributed by atoms with Crippen molar-refractivity contribution in [2.24, 2.45) is 11.8 Å². The van der Waals surface area contributed by atoms with Gasteiger partial charge in [0.1, 0.15) is 0 Å². The van der Waals surface area contributed by atoms with E-state index in [0.29, 0.717) is 0 Å². The van der Waals surface area contributed by atoms with E-state index in [1.54, 1.807) is 5.56 Å². The van der Waals surface area contributed by atoms with Crippen LogP contribution in [0.15, 0.2) is 12.3 Å². The molecule has 1 heteroatoms. The lowest BCUT2D eigenvalue weighted by molar-refractivity contribution is 0.340. The quantitative estimate of drug-likeness (QED) is 0.655. The van der Waals surface area contributed by atoms with Crippen molar-refractivity contribution in [3.63, 3.8) is 0 Å². The van der Waals surface area contributed by atoms with Crippen molar-refractivity contribution >= 4 is 0 Å². The van der Waals surface area contributed by atoms with Crippen LogP contribution in [0.25, 0.3) is 0 Å². The lowest BCUT2D eigenvalue weighted by Crippen LogP contribution is -2.18. The second-order valence-corrected chi connectivity index (χ2v) is 4.23. The van der Waals surface area contributed by atoms with Crippen LogP contribution >= 0.6 is 0 Å². The summed E-state index contributed by atoms with van der Waals surface area (Å²) in [5.74, 6) is 1.73. The number of H-pyrrole nitrogens is 1. The molecule has 12 heavy (non-hydrogen) atoms. The number of aromatic nitrogens is 1. The molecule has 0 aliphatic heterocycles. The van der Waals surface area contributed by atoms with Crippen molar-refractivity contribution < 1.29 is 0 Å². The summed E-state index contributed by atoms with van der Waals surface area (Å²) >= 11 is 0. The lowest BCUT2D eigenvalue weighted by atomic mass is 9.81. The van der Waals surface area contributed by atoms with E-state index in [1.165, 1.54) is 25.0 Å². The van der Waals surface area contributed by atoms with Gasteiger partial charge in [0, 0.05) is 11.9 Å². The van der Waals surface area contributed by atoms with Gasteiger partial charge in [-0.25, -0.2) is 0 Å². The van der Waals surface area contributed by atoms with E-state index >= 15 is 0 Å². The Hall–Kier alpha value is -0.720. The SMILES string of the molecule is CC(C)C1CCc2cc[nH]c2C1. The second kappa shape index (κ2) is 2.96. The largest absolute Gasteiger partial charge is 0.365 e. The van der Waals surface area contributed by atoms with Crippen molar-refractivity contribution in [2.45, 2.75) is 33.1 Å². The van der Waals surface area contributed by atoms with Gasteiger partial charge >= 0.3 is 0 Å². The fourth-order valence-electron chi connectivity index (χ4n) is 2.13. The third kappa shape index (κ3) is 1.28. The molecule has 1 nitrogen and oxygen atoms in total. The van der Waals surface area contributed by atoms with E-state index in [-0.39, 0.29) is 0 Å². The van der Waals surface area contributed by atoms with Crippen molar-refractivity contribution in [1.29, 1.82) is 0 Å². The molecule has 1 atom stereocenters. The van der Waals surface area contributed by atoms with Gasteiger partial charge in [-0.2, -0.15) is 0 Å². The fraction of sp³-hybridized carbons (Fsp3) is 0.636. The van der Waals surface area contributed by atoms with Crippen LogP contribution in [0.1, 0.15) is 31.5 Å². The lowest BCUT2D eigenvalue weighted by Gasteiger charge is -2.25. The number of aromatic amines is 1. The average molecular weight is 163 g/mol. The Morgan fingerprint density at radius 3 is 3.08 bits per heavy atom. The summed E-state index contributed by atoms with van der Waals surface area (Å²) in [6.07, 6.45) is 6.00. The minimum atomic E-state index is 0.835. The van der Waals surface area contributed by atoms with E-state index in [1.807, 2.05) is 0 Å². The summed E-state index contributed by atoms with van der Waals surface area (Å²) < 4.78 is 0. The summed E-state index contributed by atoms with van der Waals surface area (Å²) in [5, 5.41) is 0. The maximum Gasteiger partial charge on any atom is 0.0182 e. The summed E-state index contributed by atoms with van der Waals surface area (Å²) in [7, 11) is 0. The predicted molar refractivity (Wildman–Crippen MR) is 51.1 cm³/mol. The Balaban J connectivity index is 2.15. The number of rotatable bonds is 1. The molecular formula is C11H17N. The first-order chi connectivity index (χ1) is 5.77. The number of hydrogen-bond acceptors (Lipinski definition) is 0. The highest BCUT2D eigenvalue weighted by atomic mass is 14.7. The molecule has 1 aliphatic carbocycles. The van der Waals surface area contributed by atoms with Crippen molar-refractivity contribution in [3.05, 3.63) is 23.5 Å². The van der Waals surface area contributed by atoms with Crippen LogP contribution in [0.2, 0.25) is 0 Å². The van der Waals surface area contributed by atoms with Crippen molar-refractivity contribution in [2.75, 3.05) is 0 Å². The second-order valence-electron chi connectivity index (χ2n) is 4.23. The molecule has 0 saturated carbocycles. The van der Waals surface area contributed by atoms with Gasteiger partial charge in [0.25, 0.3) is 0 Å². The minimum absolute atomic E-state index is 0.835. The molecule has 0 amide bonds. The first kappa shape index (κ1) is 7.90. The maximum atomic E-state index is 3.34. The monoisotopic (exact) mass is 163 g/mol. The Bertz CT molecular complexity index is 260. The molecule has 0 spiro atoms. The van der Waals surface area contributed by atoms with Gasteiger partial charge < -0.3 is 4.98 Å². The standard InChI is InChI=1S/C11H17N/c1-8(2)10-4-3-9-5-6-12-11(9)7-10/h5-6,8,10,12H,3-4,7H2,1-2H3. The molecule has 1 aromatic rings. The molecule has 1 aromatic heterocycles. The van der Waals surface area contributed by atoms with Gasteiger partial charge in [0.05, 0.1) is 0 Å². The van der Waals surface area contributed by atoms with Crippen LogP contribution in [0.4, 0.5) is 0 Å². The summed E-state index contributed by atoms with van der Waals surface area (Å²) in [6, 6.07) is 2.23. The van der Waals surface area contributed by atoms with Gasteiger partial charge in [-0.3, -0.25) is 0 Å². The third-order valence-corrected chi connectivity index (χ3v) is 3.12. The van der Waals surface area contributed by atoms with Crippen LogP contribution < -0.4 is 0 Å². The third-order valence-electron chi connectivity index (χ3n) is 3.12. The van der Waals surface area contributed by atoms with Crippen molar-refractivity contribution in [1.82, 2.24) is 4.98 Å². The topological polar surface area (TPSA) is 15.8 Å². The van der Waals surface area contributed by atoms with Crippen LogP contribution in [-0.4, -0.2) is 4.98 Å². The Morgan fingerprint density at radius 1 is 1.50 bits per heavy atom. The molecule has 0 fully saturated rings. The smallest absolute Gasteiger partial charge is 0.0182 e. The maximum absolute atomic E-state index is 3.34. The number of aryl methyl sites for hydroxylation is 1. The molecule has 0 bridgehead atoms. The first-order valence-electron chi connectivity index (χ1n) is 4.92. The Kier molecular flexibility index (Phi) is 1.95. The summed E-state index contributed by atoms with van der Waals surface area (Å²) in [4.78, 5) is 3.34. The van der Waals surface area contributed by atoms with Gasteiger partial charge in [0.15, 0.2) is 0 Å². The Morgan fingerprint density at radius 2 is 2.33 bits per heavy atom. The van der Waals surface area contributed by atoms with Crippen LogP contribution in [0.3, 0.4) is 0 Å². The van der Waals surface area contributed by atoms with E-state index in [0.717, 1.165) is 11.8 Å². The normalized spacial score (nSPS) is 22.8. The Labute approximate surface area is 74.2 Å². The molecule has 1 heterocycles. The van der Waals surface area contributed by atoms with Crippen LogP contribution in [-0.2, 0) is 12.8 Å². The van der Waals surface area contributed by atoms with Gasteiger partial charge in [0.2, 0.25) is 0 Å². The average Bonchev–Trinajstić information content (AvgIpc) is 2.49. The van der Waals surface area contributed by atoms with Crippen LogP contribution in [0.5, 0.6) is 0 Å². The highest BCUT2D eigenvalue weighted by Gasteiger charge is 2.21. The molecule has 66 valence electrons. The summed E-state index contributed by atoms with van der Waals surface area (Å²) in [6.45, 7) is 4.66. The van der Waals surface area contributed by atoms with Gasteiger partial charge in [-0.1, -0.05) is 13.8 Å². The number of fused-ring (bicyclic) bond motifs is 1. The molecule has 1 N–H and O–H groups in total. The highest BCUT2D eigenvalue weighted by molar-refractivity contribution is 5.23. The first-order valence-corrected chi connectivity index (χ1v) is 4.92. The van der Waals surface area contributed by atoms with E-state index in [9.17, 15) is 0 Å². The summed E-state index contributed by atoms with van der Waals surface area (Å²) in [5.41, 5.74) is 3.03. The fourth-order valence-corrected chi connectivity index (χ4v) is 2.13. The van der Waals surface area contributed by atoms with E-state index < -0.39 is 0 Å².